The molecule has 0 bridgehead atoms. The topological polar surface area (TPSA) is 55.3 Å². The van der Waals surface area contributed by atoms with E-state index in [1.807, 2.05) is 27.7 Å². The number of benzene rings is 1. The van der Waals surface area contributed by atoms with Gasteiger partial charge in [-0.15, -0.1) is 16.1 Å². The summed E-state index contributed by atoms with van der Waals surface area (Å²) < 4.78 is 30.3. The van der Waals surface area contributed by atoms with Crippen LogP contribution in [-0.4, -0.2) is 14.4 Å². The van der Waals surface area contributed by atoms with Crippen molar-refractivity contribution < 1.29 is 14.0 Å². The zero-order chi connectivity index (χ0) is 18.9. The zero-order valence-electron chi connectivity index (χ0n) is 14.3. The minimum atomic E-state index is -1.41. The van der Waals surface area contributed by atoms with Gasteiger partial charge >= 0.3 is 0 Å². The highest BCUT2D eigenvalue weighted by molar-refractivity contribution is 9.10. The minimum Gasteiger partial charge on any atom is -0.598 e. The number of aliphatic hydroxyl groups excluding tert-OH is 1. The van der Waals surface area contributed by atoms with E-state index in [4.69, 9.17) is 11.6 Å². The van der Waals surface area contributed by atoms with Crippen molar-refractivity contribution in [3.63, 3.8) is 0 Å². The molecule has 0 amide bonds. The van der Waals surface area contributed by atoms with Crippen LogP contribution in [0.3, 0.4) is 0 Å². The van der Waals surface area contributed by atoms with Gasteiger partial charge in [0.2, 0.25) is 0 Å². The summed E-state index contributed by atoms with van der Waals surface area (Å²) >= 11 is 9.42. The molecule has 1 aromatic carbocycles. The number of nitrogens with one attached hydrogen (secondary N) is 1. The largest absolute Gasteiger partial charge is 0.598 e. The smallest absolute Gasteiger partial charge is 0.137 e. The van der Waals surface area contributed by atoms with Crippen LogP contribution in [-0.2, 0) is 18.0 Å². The number of thiophene rings is 1. The number of rotatable bonds is 5. The van der Waals surface area contributed by atoms with Gasteiger partial charge < -0.3 is 9.66 Å². The summed E-state index contributed by atoms with van der Waals surface area (Å²) in [6.07, 6.45) is 0. The van der Waals surface area contributed by atoms with Gasteiger partial charge in [-0.25, -0.2) is 4.39 Å². The van der Waals surface area contributed by atoms with Gasteiger partial charge in [-0.1, -0.05) is 23.7 Å². The fourth-order valence-electron chi connectivity index (χ4n) is 2.35. The van der Waals surface area contributed by atoms with Gasteiger partial charge in [-0.3, -0.25) is 0 Å². The predicted octanol–water partition coefficient (Wildman–Crippen LogP) is 5.25. The molecule has 0 aliphatic heterocycles. The normalized spacial score (nSPS) is 14.6. The highest BCUT2D eigenvalue weighted by atomic mass is 79.9. The van der Waals surface area contributed by atoms with E-state index in [0.717, 1.165) is 11.1 Å². The molecule has 1 aromatic heterocycles. The molecule has 0 saturated heterocycles. The van der Waals surface area contributed by atoms with E-state index >= 15 is 0 Å². The SMILES string of the molecule is Cc1c(Cl)sc(CO)c1[C@@H](N[S+]([O-])C(C)(C)C)c1cccc(F)c1Br. The lowest BCUT2D eigenvalue weighted by molar-refractivity contribution is 0.284. The molecule has 0 aliphatic rings. The summed E-state index contributed by atoms with van der Waals surface area (Å²) in [5.74, 6) is -0.407. The lowest BCUT2D eigenvalue weighted by atomic mass is 9.97. The average molecular weight is 469 g/mol. The molecule has 1 heterocycles. The highest BCUT2D eigenvalue weighted by Gasteiger charge is 2.34. The first-order valence-electron chi connectivity index (χ1n) is 7.58. The molecule has 3 nitrogen and oxygen atoms in total. The van der Waals surface area contributed by atoms with Crippen LogP contribution in [0, 0.1) is 12.7 Å². The van der Waals surface area contributed by atoms with Gasteiger partial charge in [0.15, 0.2) is 0 Å². The Bertz CT molecular complexity index is 764. The third-order valence-corrected chi connectivity index (χ3v) is 7.71. The number of halogens is 3. The monoisotopic (exact) mass is 467 g/mol. The van der Waals surface area contributed by atoms with Crippen molar-refractivity contribution >= 4 is 50.2 Å². The Morgan fingerprint density at radius 1 is 1.44 bits per heavy atom. The summed E-state index contributed by atoms with van der Waals surface area (Å²) in [4.78, 5) is 0.669. The molecule has 0 fully saturated rings. The first kappa shape index (κ1) is 21.2. The Balaban J connectivity index is 2.63. The Kier molecular flexibility index (Phi) is 6.98. The van der Waals surface area contributed by atoms with Crippen LogP contribution in [0.2, 0.25) is 4.34 Å². The second kappa shape index (κ2) is 8.25. The first-order chi connectivity index (χ1) is 11.6. The van der Waals surface area contributed by atoms with Crippen molar-refractivity contribution in [3.8, 4) is 0 Å². The van der Waals surface area contributed by atoms with Gasteiger partial charge in [0, 0.05) is 16.2 Å². The van der Waals surface area contributed by atoms with E-state index in [1.54, 1.807) is 12.1 Å². The Morgan fingerprint density at radius 3 is 2.64 bits per heavy atom. The quantitative estimate of drug-likeness (QED) is 0.590. The Labute approximate surface area is 168 Å². The van der Waals surface area contributed by atoms with Crippen molar-refractivity contribution in [1.29, 1.82) is 0 Å². The maximum Gasteiger partial charge on any atom is 0.137 e. The number of hydrogen-bond acceptors (Lipinski definition) is 4. The first-order valence-corrected chi connectivity index (χ1v) is 10.7. The summed E-state index contributed by atoms with van der Waals surface area (Å²) in [5, 5.41) is 9.73. The lowest BCUT2D eigenvalue weighted by Gasteiger charge is -2.29. The standard InChI is InChI=1S/C17H20BrClFNO2S2/c1-9-13(12(8-22)24-16(9)19)15(21-25(23)17(2,3)4)10-6-5-7-11(20)14(10)18/h5-7,15,21-22H,8H2,1-4H3/t15-,25?/m0/s1. The molecular weight excluding hydrogens is 449 g/mol. The molecule has 2 N–H and O–H groups in total. The Hall–Kier alpha value is -0.150. The molecular formula is C17H20BrClFNO2S2. The maximum atomic E-state index is 14.1. The molecule has 0 radical (unpaired) electrons. The van der Waals surface area contributed by atoms with Gasteiger partial charge in [0.25, 0.3) is 0 Å². The number of aliphatic hydroxyl groups is 1. The van der Waals surface area contributed by atoms with Gasteiger partial charge in [0.1, 0.15) is 16.6 Å². The molecule has 138 valence electrons. The fraction of sp³-hybridized carbons (Fsp3) is 0.412. The summed E-state index contributed by atoms with van der Waals surface area (Å²) in [6.45, 7) is 7.21. The van der Waals surface area contributed by atoms with E-state index in [-0.39, 0.29) is 6.61 Å². The van der Waals surface area contributed by atoms with Crippen molar-refractivity contribution in [2.45, 2.75) is 45.1 Å². The molecule has 0 saturated carbocycles. The van der Waals surface area contributed by atoms with Crippen molar-refractivity contribution in [1.82, 2.24) is 4.72 Å². The van der Waals surface area contributed by atoms with E-state index in [9.17, 15) is 14.0 Å². The predicted molar refractivity (Wildman–Crippen MR) is 107 cm³/mol. The molecule has 2 aromatic rings. The van der Waals surface area contributed by atoms with Crippen LogP contribution < -0.4 is 4.72 Å². The third kappa shape index (κ3) is 4.58. The second-order valence-corrected chi connectivity index (χ2v) is 11.1. The van der Waals surface area contributed by atoms with Gasteiger partial charge in [0.05, 0.1) is 15.4 Å². The molecule has 2 rings (SSSR count). The highest BCUT2D eigenvalue weighted by Crippen LogP contribution is 2.41. The zero-order valence-corrected chi connectivity index (χ0v) is 18.3. The number of hydrogen-bond donors (Lipinski definition) is 2. The van der Waals surface area contributed by atoms with E-state index < -0.39 is 28.0 Å². The minimum absolute atomic E-state index is 0.194. The molecule has 25 heavy (non-hydrogen) atoms. The Morgan fingerprint density at radius 2 is 2.08 bits per heavy atom. The summed E-state index contributed by atoms with van der Waals surface area (Å²) in [5.41, 5.74) is 2.13. The fourth-order valence-corrected chi connectivity index (χ4v) is 4.97. The van der Waals surface area contributed by atoms with Crippen LogP contribution in [0.1, 0.15) is 48.4 Å². The average Bonchev–Trinajstić information content (AvgIpc) is 2.82. The van der Waals surface area contributed by atoms with Crippen LogP contribution in [0.4, 0.5) is 4.39 Å². The van der Waals surface area contributed by atoms with Crippen LogP contribution in [0.25, 0.3) is 0 Å². The summed E-state index contributed by atoms with van der Waals surface area (Å²) in [6, 6.07) is 4.14. The van der Waals surface area contributed by atoms with Gasteiger partial charge in [-0.05, 0) is 66.4 Å². The van der Waals surface area contributed by atoms with Crippen molar-refractivity contribution in [3.05, 3.63) is 54.4 Å². The molecule has 8 heteroatoms. The summed E-state index contributed by atoms with van der Waals surface area (Å²) in [7, 11) is 0. The molecule has 1 unspecified atom stereocenters. The molecule has 0 aliphatic carbocycles. The molecule has 2 atom stereocenters. The van der Waals surface area contributed by atoms with E-state index in [2.05, 4.69) is 20.7 Å². The van der Waals surface area contributed by atoms with Crippen LogP contribution in [0.5, 0.6) is 0 Å². The van der Waals surface area contributed by atoms with E-state index in [0.29, 0.717) is 19.2 Å². The van der Waals surface area contributed by atoms with Crippen molar-refractivity contribution in [2.75, 3.05) is 0 Å². The van der Waals surface area contributed by atoms with E-state index in [1.165, 1.54) is 17.4 Å². The van der Waals surface area contributed by atoms with Crippen LogP contribution >= 0.6 is 38.9 Å². The second-order valence-electron chi connectivity index (χ2n) is 6.57. The lowest BCUT2D eigenvalue weighted by Crippen LogP contribution is -2.42. The maximum absolute atomic E-state index is 14.1. The molecule has 0 spiro atoms. The third-order valence-electron chi connectivity index (χ3n) is 3.72. The van der Waals surface area contributed by atoms with Crippen LogP contribution in [0.15, 0.2) is 22.7 Å². The van der Waals surface area contributed by atoms with Gasteiger partial charge in [-0.2, -0.15) is 0 Å². The van der Waals surface area contributed by atoms with Crippen molar-refractivity contribution in [2.24, 2.45) is 0 Å².